The van der Waals surface area contributed by atoms with Crippen LogP contribution in [0.5, 0.6) is 0 Å². The molecule has 0 unspecified atom stereocenters. The zero-order valence-electron chi connectivity index (χ0n) is 13.5. The summed E-state index contributed by atoms with van der Waals surface area (Å²) in [4.78, 5) is 25.9. The monoisotopic (exact) mass is 332 g/mol. The molecule has 4 rings (SSSR count). The van der Waals surface area contributed by atoms with Gasteiger partial charge in [0.2, 0.25) is 0 Å². The van der Waals surface area contributed by atoms with Gasteiger partial charge in [-0.25, -0.2) is 0 Å². The molecule has 2 amide bonds. The van der Waals surface area contributed by atoms with Gasteiger partial charge in [0.1, 0.15) is 5.69 Å². The number of benzene rings is 2. The summed E-state index contributed by atoms with van der Waals surface area (Å²) in [5.41, 5.74) is 2.79. The number of nitrogens with zero attached hydrogens (tertiary/aromatic N) is 4. The number of carbonyl (C=O) groups is 2. The van der Waals surface area contributed by atoms with Crippen molar-refractivity contribution in [3.05, 3.63) is 71.9 Å². The Bertz CT molecular complexity index is 898. The Morgan fingerprint density at radius 1 is 0.800 bits per heavy atom. The van der Waals surface area contributed by atoms with Gasteiger partial charge in [-0.1, -0.05) is 47.7 Å². The second kappa shape index (κ2) is 6.32. The maximum absolute atomic E-state index is 12.3. The van der Waals surface area contributed by atoms with Crippen LogP contribution in [0.3, 0.4) is 0 Å². The van der Waals surface area contributed by atoms with E-state index in [-0.39, 0.29) is 11.8 Å². The number of amides is 2. The normalized spacial score (nSPS) is 13.4. The van der Waals surface area contributed by atoms with Crippen molar-refractivity contribution in [2.75, 3.05) is 6.54 Å². The van der Waals surface area contributed by atoms with E-state index in [1.54, 1.807) is 28.9 Å². The molecule has 0 aliphatic carbocycles. The van der Waals surface area contributed by atoms with E-state index < -0.39 is 0 Å². The van der Waals surface area contributed by atoms with Gasteiger partial charge in [-0.15, -0.1) is 5.10 Å². The minimum Gasteiger partial charge on any atom is -0.274 e. The van der Waals surface area contributed by atoms with Gasteiger partial charge in [0, 0.05) is 18.7 Å². The van der Waals surface area contributed by atoms with Crippen LogP contribution in [0.2, 0.25) is 0 Å². The quantitative estimate of drug-likeness (QED) is 0.674. The Hall–Kier alpha value is -3.28. The van der Waals surface area contributed by atoms with Gasteiger partial charge >= 0.3 is 0 Å². The third kappa shape index (κ3) is 2.82. The summed E-state index contributed by atoms with van der Waals surface area (Å²) in [5.74, 6) is -0.437. The highest BCUT2D eigenvalue weighted by Gasteiger charge is 2.34. The molecule has 2 heterocycles. The SMILES string of the molecule is O=C1c2ccccc2C(=O)N1CCCn1cc(-c2ccccc2)nn1. The topological polar surface area (TPSA) is 68.1 Å². The van der Waals surface area contributed by atoms with E-state index in [9.17, 15) is 9.59 Å². The third-order valence-electron chi connectivity index (χ3n) is 4.26. The lowest BCUT2D eigenvalue weighted by atomic mass is 10.1. The molecule has 0 saturated heterocycles. The first-order valence-electron chi connectivity index (χ1n) is 8.15. The van der Waals surface area contributed by atoms with Gasteiger partial charge in [0.15, 0.2) is 0 Å². The lowest BCUT2D eigenvalue weighted by molar-refractivity contribution is 0.0650. The van der Waals surface area contributed by atoms with Crippen LogP contribution >= 0.6 is 0 Å². The fourth-order valence-electron chi connectivity index (χ4n) is 2.98. The number of hydrogen-bond acceptors (Lipinski definition) is 4. The van der Waals surface area contributed by atoms with Crippen molar-refractivity contribution in [2.45, 2.75) is 13.0 Å². The van der Waals surface area contributed by atoms with Gasteiger partial charge in [-0.2, -0.15) is 0 Å². The molecule has 1 aliphatic heterocycles. The molecule has 124 valence electrons. The maximum Gasteiger partial charge on any atom is 0.261 e. The van der Waals surface area contributed by atoms with Gasteiger partial charge in [-0.3, -0.25) is 19.2 Å². The van der Waals surface area contributed by atoms with Crippen molar-refractivity contribution in [1.82, 2.24) is 19.9 Å². The second-order valence-corrected chi connectivity index (χ2v) is 5.89. The van der Waals surface area contributed by atoms with E-state index in [1.807, 2.05) is 36.5 Å². The first-order valence-corrected chi connectivity index (χ1v) is 8.15. The third-order valence-corrected chi connectivity index (χ3v) is 4.26. The lowest BCUT2D eigenvalue weighted by Gasteiger charge is -2.13. The molecule has 0 atom stereocenters. The van der Waals surface area contributed by atoms with E-state index in [4.69, 9.17) is 0 Å². The van der Waals surface area contributed by atoms with Crippen molar-refractivity contribution in [3.63, 3.8) is 0 Å². The molecule has 0 saturated carbocycles. The van der Waals surface area contributed by atoms with Crippen LogP contribution in [0.4, 0.5) is 0 Å². The molecule has 1 aliphatic rings. The van der Waals surface area contributed by atoms with Crippen molar-refractivity contribution < 1.29 is 9.59 Å². The molecule has 0 fully saturated rings. The average molecular weight is 332 g/mol. The van der Waals surface area contributed by atoms with E-state index >= 15 is 0 Å². The summed E-state index contributed by atoms with van der Waals surface area (Å²) < 4.78 is 1.74. The Morgan fingerprint density at radius 2 is 1.44 bits per heavy atom. The standard InChI is InChI=1S/C19H16N4O2/c24-18-15-9-4-5-10-16(15)19(25)23(18)12-6-11-22-13-17(20-21-22)14-7-2-1-3-8-14/h1-5,7-10,13H,6,11-12H2. The molecule has 2 aromatic carbocycles. The second-order valence-electron chi connectivity index (χ2n) is 5.89. The van der Waals surface area contributed by atoms with Gasteiger partial charge in [0.25, 0.3) is 11.8 Å². The van der Waals surface area contributed by atoms with Crippen LogP contribution in [0, 0.1) is 0 Å². The van der Waals surface area contributed by atoms with Crippen molar-refractivity contribution >= 4 is 11.8 Å². The Morgan fingerprint density at radius 3 is 2.12 bits per heavy atom. The van der Waals surface area contributed by atoms with Crippen LogP contribution in [0.1, 0.15) is 27.1 Å². The highest BCUT2D eigenvalue weighted by Crippen LogP contribution is 2.22. The lowest BCUT2D eigenvalue weighted by Crippen LogP contribution is -2.31. The Labute approximate surface area is 144 Å². The number of carbonyl (C=O) groups excluding carboxylic acids is 2. The molecular weight excluding hydrogens is 316 g/mol. The average Bonchev–Trinajstić information content (AvgIpc) is 3.22. The van der Waals surface area contributed by atoms with Gasteiger partial charge in [0.05, 0.1) is 17.3 Å². The summed E-state index contributed by atoms with van der Waals surface area (Å²) in [7, 11) is 0. The van der Waals surface area contributed by atoms with Crippen molar-refractivity contribution in [2.24, 2.45) is 0 Å². The number of rotatable bonds is 5. The molecule has 6 heteroatoms. The zero-order valence-corrected chi connectivity index (χ0v) is 13.5. The molecule has 6 nitrogen and oxygen atoms in total. The maximum atomic E-state index is 12.3. The predicted octanol–water partition coefficient (Wildman–Crippen LogP) is 2.63. The van der Waals surface area contributed by atoms with E-state index in [0.717, 1.165) is 11.3 Å². The fourth-order valence-corrected chi connectivity index (χ4v) is 2.98. The molecule has 0 radical (unpaired) electrons. The van der Waals surface area contributed by atoms with Crippen LogP contribution in [-0.2, 0) is 6.54 Å². The van der Waals surface area contributed by atoms with E-state index in [0.29, 0.717) is 30.6 Å². The van der Waals surface area contributed by atoms with Crippen molar-refractivity contribution in [3.8, 4) is 11.3 Å². The largest absolute Gasteiger partial charge is 0.274 e. The number of hydrogen-bond donors (Lipinski definition) is 0. The molecule has 3 aromatic rings. The summed E-state index contributed by atoms with van der Waals surface area (Å²) in [6.07, 6.45) is 2.50. The van der Waals surface area contributed by atoms with Crippen LogP contribution < -0.4 is 0 Å². The van der Waals surface area contributed by atoms with Crippen molar-refractivity contribution in [1.29, 1.82) is 0 Å². The highest BCUT2D eigenvalue weighted by molar-refractivity contribution is 6.21. The molecule has 0 N–H and O–H groups in total. The Kier molecular flexibility index (Phi) is 3.85. The Balaban J connectivity index is 1.39. The molecule has 25 heavy (non-hydrogen) atoms. The van der Waals surface area contributed by atoms with Gasteiger partial charge in [-0.05, 0) is 18.6 Å². The van der Waals surface area contributed by atoms with Crippen LogP contribution in [0.25, 0.3) is 11.3 Å². The summed E-state index contributed by atoms with van der Waals surface area (Å²) in [6.45, 7) is 0.958. The van der Waals surface area contributed by atoms with E-state index in [2.05, 4.69) is 10.3 Å². The summed E-state index contributed by atoms with van der Waals surface area (Å²) in [6, 6.07) is 16.8. The number of imide groups is 1. The first kappa shape index (κ1) is 15.3. The minimum atomic E-state index is -0.218. The number of fused-ring (bicyclic) bond motifs is 1. The van der Waals surface area contributed by atoms with Gasteiger partial charge < -0.3 is 0 Å². The molecule has 1 aromatic heterocycles. The van der Waals surface area contributed by atoms with Crippen LogP contribution in [-0.4, -0.2) is 38.3 Å². The minimum absolute atomic E-state index is 0.218. The summed E-state index contributed by atoms with van der Waals surface area (Å²) >= 11 is 0. The highest BCUT2D eigenvalue weighted by atomic mass is 16.2. The fraction of sp³-hybridized carbons (Fsp3) is 0.158. The predicted molar refractivity (Wildman–Crippen MR) is 91.9 cm³/mol. The number of aromatic nitrogens is 3. The van der Waals surface area contributed by atoms with E-state index in [1.165, 1.54) is 4.90 Å². The molecule has 0 bridgehead atoms. The van der Waals surface area contributed by atoms with Crippen LogP contribution in [0.15, 0.2) is 60.8 Å². The number of aryl methyl sites for hydroxylation is 1. The molecule has 0 spiro atoms. The first-order chi connectivity index (χ1) is 12.2. The smallest absolute Gasteiger partial charge is 0.261 e. The summed E-state index contributed by atoms with van der Waals surface area (Å²) in [5, 5.41) is 8.28. The zero-order chi connectivity index (χ0) is 17.2. The molecular formula is C19H16N4O2.